The van der Waals surface area contributed by atoms with E-state index in [1.54, 1.807) is 24.3 Å². The molecule has 1 saturated heterocycles. The number of carbonyl (C=O) groups is 1. The van der Waals surface area contributed by atoms with E-state index in [0.717, 1.165) is 20.4 Å². The standard InChI is InChI=1S/C17H16BrClFN3O3S/c1-23-16(17(24)21-12-6-7-14(20)13(19)8-12)9-15(22-27(23,25)26)10-2-4-11(18)5-3-10/h2-8,15-16,22H,9H2,1H3,(H,21,24)/t15-,16+/m0/s1. The molecule has 1 aliphatic rings. The van der Waals surface area contributed by atoms with Crippen molar-refractivity contribution in [3.05, 3.63) is 63.3 Å². The van der Waals surface area contributed by atoms with Crippen LogP contribution in [0.4, 0.5) is 10.1 Å². The molecule has 27 heavy (non-hydrogen) atoms. The third-order valence-electron chi connectivity index (χ3n) is 4.33. The van der Waals surface area contributed by atoms with Gasteiger partial charge in [0.05, 0.1) is 5.02 Å². The summed E-state index contributed by atoms with van der Waals surface area (Å²) in [6.45, 7) is 0. The van der Waals surface area contributed by atoms with Gasteiger partial charge in [-0.15, -0.1) is 0 Å². The van der Waals surface area contributed by atoms with Gasteiger partial charge in [0.2, 0.25) is 5.91 Å². The van der Waals surface area contributed by atoms with E-state index in [1.165, 1.54) is 19.2 Å². The van der Waals surface area contributed by atoms with Gasteiger partial charge in [0, 0.05) is 23.2 Å². The Morgan fingerprint density at radius 3 is 2.59 bits per heavy atom. The van der Waals surface area contributed by atoms with Crippen molar-refractivity contribution in [2.24, 2.45) is 0 Å². The first kappa shape index (κ1) is 20.2. The first-order chi connectivity index (χ1) is 12.7. The number of anilines is 1. The number of hydrogen-bond acceptors (Lipinski definition) is 3. The Kier molecular flexibility index (Phi) is 5.87. The van der Waals surface area contributed by atoms with Gasteiger partial charge in [-0.05, 0) is 42.3 Å². The van der Waals surface area contributed by atoms with Crippen LogP contribution in [0.15, 0.2) is 46.9 Å². The Morgan fingerprint density at radius 1 is 1.30 bits per heavy atom. The van der Waals surface area contributed by atoms with Gasteiger partial charge in [0.25, 0.3) is 10.2 Å². The third kappa shape index (κ3) is 4.49. The van der Waals surface area contributed by atoms with Crippen molar-refractivity contribution in [3.63, 3.8) is 0 Å². The lowest BCUT2D eigenvalue weighted by molar-refractivity contribution is -0.120. The normalized spacial score (nSPS) is 22.4. The maximum atomic E-state index is 13.3. The minimum atomic E-state index is -3.85. The Bertz CT molecular complexity index is 972. The summed E-state index contributed by atoms with van der Waals surface area (Å²) in [6, 6.07) is 9.47. The molecule has 0 aliphatic carbocycles. The zero-order valence-corrected chi connectivity index (χ0v) is 17.3. The monoisotopic (exact) mass is 475 g/mol. The molecule has 1 fully saturated rings. The molecule has 6 nitrogen and oxygen atoms in total. The van der Waals surface area contributed by atoms with Crippen LogP contribution in [0, 0.1) is 5.82 Å². The van der Waals surface area contributed by atoms with E-state index >= 15 is 0 Å². The Morgan fingerprint density at radius 2 is 1.96 bits per heavy atom. The zero-order valence-electron chi connectivity index (χ0n) is 14.1. The van der Waals surface area contributed by atoms with Crippen LogP contribution in [-0.2, 0) is 15.0 Å². The van der Waals surface area contributed by atoms with E-state index in [-0.39, 0.29) is 17.1 Å². The van der Waals surface area contributed by atoms with Crippen molar-refractivity contribution in [1.29, 1.82) is 0 Å². The highest BCUT2D eigenvalue weighted by Gasteiger charge is 2.40. The largest absolute Gasteiger partial charge is 0.325 e. The lowest BCUT2D eigenvalue weighted by Gasteiger charge is -2.36. The number of hydrogen-bond donors (Lipinski definition) is 2. The first-order valence-corrected chi connectivity index (χ1v) is 10.5. The lowest BCUT2D eigenvalue weighted by Crippen LogP contribution is -2.55. The molecular formula is C17H16BrClFN3O3S. The minimum Gasteiger partial charge on any atom is -0.325 e. The van der Waals surface area contributed by atoms with Gasteiger partial charge in [-0.2, -0.15) is 17.4 Å². The molecular weight excluding hydrogens is 461 g/mol. The second kappa shape index (κ2) is 7.84. The van der Waals surface area contributed by atoms with E-state index in [0.29, 0.717) is 0 Å². The maximum Gasteiger partial charge on any atom is 0.280 e. The highest BCUT2D eigenvalue weighted by atomic mass is 79.9. The summed E-state index contributed by atoms with van der Waals surface area (Å²) in [6.07, 6.45) is 0.234. The molecule has 2 atom stereocenters. The zero-order chi connectivity index (χ0) is 19.8. The van der Waals surface area contributed by atoms with Crippen molar-refractivity contribution in [2.75, 3.05) is 12.4 Å². The average molecular weight is 477 g/mol. The second-order valence-corrected chi connectivity index (χ2v) is 9.20. The summed E-state index contributed by atoms with van der Waals surface area (Å²) in [5.41, 5.74) is 1.04. The van der Waals surface area contributed by atoms with Crippen LogP contribution >= 0.6 is 27.5 Å². The molecule has 2 aromatic carbocycles. The molecule has 1 amide bonds. The summed E-state index contributed by atoms with van der Waals surface area (Å²) in [7, 11) is -2.51. The number of amides is 1. The fourth-order valence-corrected chi connectivity index (χ4v) is 4.54. The summed E-state index contributed by atoms with van der Waals surface area (Å²) in [5, 5.41) is 2.47. The Labute approximate surface area is 170 Å². The van der Waals surface area contributed by atoms with Crippen LogP contribution < -0.4 is 10.0 Å². The Hall–Kier alpha value is -1.52. The van der Waals surface area contributed by atoms with Crippen molar-refractivity contribution < 1.29 is 17.6 Å². The van der Waals surface area contributed by atoms with Crippen molar-refractivity contribution in [2.45, 2.75) is 18.5 Å². The third-order valence-corrected chi connectivity index (χ3v) is 6.74. The van der Waals surface area contributed by atoms with Gasteiger partial charge in [-0.3, -0.25) is 4.79 Å². The molecule has 1 aliphatic heterocycles. The summed E-state index contributed by atoms with van der Waals surface area (Å²) >= 11 is 9.06. The van der Waals surface area contributed by atoms with Crippen molar-refractivity contribution >= 4 is 49.3 Å². The average Bonchev–Trinajstić information content (AvgIpc) is 2.61. The highest BCUT2D eigenvalue weighted by molar-refractivity contribution is 9.10. The maximum absolute atomic E-state index is 13.3. The van der Waals surface area contributed by atoms with Crippen molar-refractivity contribution in [3.8, 4) is 0 Å². The molecule has 144 valence electrons. The molecule has 0 saturated carbocycles. The van der Waals surface area contributed by atoms with Gasteiger partial charge in [-0.25, -0.2) is 4.39 Å². The quantitative estimate of drug-likeness (QED) is 0.712. The van der Waals surface area contributed by atoms with Gasteiger partial charge in [0.1, 0.15) is 11.9 Å². The number of benzene rings is 2. The van der Waals surface area contributed by atoms with Gasteiger partial charge >= 0.3 is 0 Å². The molecule has 0 radical (unpaired) electrons. The number of nitrogens with zero attached hydrogens (tertiary/aromatic N) is 1. The number of halogens is 3. The fourth-order valence-electron chi connectivity index (χ4n) is 2.82. The number of nitrogens with one attached hydrogen (secondary N) is 2. The van der Waals surface area contributed by atoms with E-state index in [1.807, 2.05) is 0 Å². The molecule has 10 heteroatoms. The molecule has 0 aromatic heterocycles. The van der Waals surface area contributed by atoms with Gasteiger partial charge < -0.3 is 5.32 Å². The topological polar surface area (TPSA) is 78.5 Å². The van der Waals surface area contributed by atoms with Gasteiger partial charge in [-0.1, -0.05) is 39.7 Å². The number of rotatable bonds is 3. The van der Waals surface area contributed by atoms with E-state index in [4.69, 9.17) is 11.6 Å². The predicted molar refractivity (Wildman–Crippen MR) is 105 cm³/mol. The van der Waals surface area contributed by atoms with E-state index < -0.39 is 34.0 Å². The molecule has 3 rings (SSSR count). The number of likely N-dealkylation sites (N-methyl/N-ethyl adjacent to an activating group) is 1. The van der Waals surface area contributed by atoms with Crippen LogP contribution in [0.2, 0.25) is 5.02 Å². The number of carbonyl (C=O) groups excluding carboxylic acids is 1. The SMILES string of the molecule is CN1[C@@H](C(=O)Nc2ccc(F)c(Cl)c2)C[C@@H](c2ccc(Br)cc2)NS1(=O)=O. The fraction of sp³-hybridized carbons (Fsp3) is 0.235. The molecule has 1 heterocycles. The molecule has 0 spiro atoms. The van der Waals surface area contributed by atoms with Crippen LogP contribution in [0.5, 0.6) is 0 Å². The second-order valence-electron chi connectivity index (χ2n) is 6.11. The highest BCUT2D eigenvalue weighted by Crippen LogP contribution is 2.29. The van der Waals surface area contributed by atoms with Crippen LogP contribution in [0.25, 0.3) is 0 Å². The summed E-state index contributed by atoms with van der Waals surface area (Å²) in [4.78, 5) is 12.7. The Balaban J connectivity index is 1.84. The van der Waals surface area contributed by atoms with E-state index in [9.17, 15) is 17.6 Å². The molecule has 0 unspecified atom stereocenters. The smallest absolute Gasteiger partial charge is 0.280 e. The van der Waals surface area contributed by atoms with Crippen LogP contribution in [-0.4, -0.2) is 31.7 Å². The molecule has 2 N–H and O–H groups in total. The predicted octanol–water partition coefficient (Wildman–Crippen LogP) is 3.46. The summed E-state index contributed by atoms with van der Waals surface area (Å²) < 4.78 is 42.6. The molecule has 0 bridgehead atoms. The van der Waals surface area contributed by atoms with E-state index in [2.05, 4.69) is 26.0 Å². The first-order valence-electron chi connectivity index (χ1n) is 7.94. The van der Waals surface area contributed by atoms with Crippen molar-refractivity contribution in [1.82, 2.24) is 9.03 Å². The molecule has 2 aromatic rings. The van der Waals surface area contributed by atoms with Crippen LogP contribution in [0.1, 0.15) is 18.0 Å². The summed E-state index contributed by atoms with van der Waals surface area (Å²) in [5.74, 6) is -1.13. The minimum absolute atomic E-state index is 0.133. The van der Waals surface area contributed by atoms with Crippen LogP contribution in [0.3, 0.4) is 0 Å². The van der Waals surface area contributed by atoms with Gasteiger partial charge in [0.15, 0.2) is 0 Å². The lowest BCUT2D eigenvalue weighted by atomic mass is 9.99.